The van der Waals surface area contributed by atoms with Crippen LogP contribution in [0.25, 0.3) is 0 Å². The lowest BCUT2D eigenvalue weighted by Gasteiger charge is -2.43. The molecule has 0 aromatic heterocycles. The molecule has 116 valence electrons. The van der Waals surface area contributed by atoms with Gasteiger partial charge in [-0.1, -0.05) is 32.4 Å². The summed E-state index contributed by atoms with van der Waals surface area (Å²) in [5, 5.41) is 4.62. The van der Waals surface area contributed by atoms with Crippen LogP contribution in [0.2, 0.25) is 5.02 Å². The highest BCUT2D eigenvalue weighted by Gasteiger charge is 2.59. The first-order valence-electron chi connectivity index (χ1n) is 7.97. The number of anilines is 2. The second-order valence-corrected chi connectivity index (χ2v) is 8.46. The van der Waals surface area contributed by atoms with Gasteiger partial charge in [0, 0.05) is 25.8 Å². The van der Waals surface area contributed by atoms with Gasteiger partial charge in [0.1, 0.15) is 0 Å². The lowest BCUT2D eigenvalue weighted by molar-refractivity contribution is 0.155. The van der Waals surface area contributed by atoms with E-state index in [1.54, 1.807) is 0 Å². The van der Waals surface area contributed by atoms with Gasteiger partial charge in [-0.3, -0.25) is 0 Å². The third kappa shape index (κ3) is 2.32. The summed E-state index contributed by atoms with van der Waals surface area (Å²) in [6, 6.07) is 6.87. The Morgan fingerprint density at radius 3 is 2.48 bits per heavy atom. The first kappa shape index (κ1) is 15.0. The van der Waals surface area contributed by atoms with E-state index in [0.29, 0.717) is 16.9 Å². The van der Waals surface area contributed by atoms with Crippen LogP contribution in [0.1, 0.15) is 40.0 Å². The lowest BCUT2D eigenvalue weighted by atomic mass is 9.68. The maximum absolute atomic E-state index is 6.41. The molecule has 2 nitrogen and oxygen atoms in total. The summed E-state index contributed by atoms with van der Waals surface area (Å²) < 4.78 is 0. The summed E-state index contributed by atoms with van der Waals surface area (Å²) in [6.07, 6.45) is 4.10. The molecule has 2 bridgehead atoms. The molecule has 2 aliphatic carbocycles. The number of nitrogens with one attached hydrogen (secondary N) is 1. The van der Waals surface area contributed by atoms with Crippen LogP contribution in [-0.4, -0.2) is 20.1 Å². The SMILES string of the molecule is CN(C)c1ccc(NC2C(C)(C)[C@H]3CC[C@]2(C)C3)cc1Cl. The molecule has 0 heterocycles. The molecule has 2 aliphatic rings. The molecule has 2 fully saturated rings. The monoisotopic (exact) mass is 306 g/mol. The zero-order chi connectivity index (χ0) is 15.4. The van der Waals surface area contributed by atoms with Crippen LogP contribution in [0, 0.1) is 16.7 Å². The van der Waals surface area contributed by atoms with Crippen molar-refractivity contribution >= 4 is 23.0 Å². The Labute approximate surface area is 133 Å². The molecule has 0 saturated heterocycles. The largest absolute Gasteiger partial charge is 0.381 e. The second kappa shape index (κ2) is 4.81. The van der Waals surface area contributed by atoms with Gasteiger partial charge >= 0.3 is 0 Å². The molecule has 0 spiro atoms. The van der Waals surface area contributed by atoms with E-state index in [1.165, 1.54) is 19.3 Å². The highest BCUT2D eigenvalue weighted by atomic mass is 35.5. The quantitative estimate of drug-likeness (QED) is 0.842. The van der Waals surface area contributed by atoms with Gasteiger partial charge in [-0.2, -0.15) is 0 Å². The van der Waals surface area contributed by atoms with Crippen LogP contribution in [0.3, 0.4) is 0 Å². The molecular formula is C18H27ClN2. The summed E-state index contributed by atoms with van der Waals surface area (Å²) in [5.41, 5.74) is 3.01. The zero-order valence-electron chi connectivity index (χ0n) is 13.8. The Bertz CT molecular complexity index is 547. The van der Waals surface area contributed by atoms with E-state index in [2.05, 4.69) is 49.2 Å². The fourth-order valence-electron chi connectivity index (χ4n) is 4.79. The van der Waals surface area contributed by atoms with E-state index >= 15 is 0 Å². The first-order chi connectivity index (χ1) is 9.74. The predicted molar refractivity (Wildman–Crippen MR) is 92.4 cm³/mol. The Morgan fingerprint density at radius 2 is 1.95 bits per heavy atom. The molecule has 0 amide bonds. The maximum Gasteiger partial charge on any atom is 0.0659 e. The van der Waals surface area contributed by atoms with Crippen LogP contribution in [0.15, 0.2) is 18.2 Å². The number of nitrogens with zero attached hydrogens (tertiary/aromatic N) is 1. The molecule has 0 radical (unpaired) electrons. The Morgan fingerprint density at radius 1 is 1.24 bits per heavy atom. The van der Waals surface area contributed by atoms with Crippen molar-refractivity contribution in [2.45, 2.75) is 46.1 Å². The zero-order valence-corrected chi connectivity index (χ0v) is 14.6. The van der Waals surface area contributed by atoms with Crippen molar-refractivity contribution in [2.75, 3.05) is 24.3 Å². The highest BCUT2D eigenvalue weighted by Crippen LogP contribution is 2.63. The number of benzene rings is 1. The Kier molecular flexibility index (Phi) is 3.44. The van der Waals surface area contributed by atoms with E-state index in [4.69, 9.17) is 11.6 Å². The van der Waals surface area contributed by atoms with Gasteiger partial charge in [0.15, 0.2) is 0 Å². The van der Waals surface area contributed by atoms with Crippen LogP contribution in [0.5, 0.6) is 0 Å². The minimum Gasteiger partial charge on any atom is -0.381 e. The van der Waals surface area contributed by atoms with Crippen LogP contribution in [-0.2, 0) is 0 Å². The normalized spacial score (nSPS) is 33.2. The summed E-state index contributed by atoms with van der Waals surface area (Å²) >= 11 is 6.41. The van der Waals surface area contributed by atoms with Crippen LogP contribution in [0.4, 0.5) is 11.4 Å². The molecule has 1 N–H and O–H groups in total. The van der Waals surface area contributed by atoms with Crippen molar-refractivity contribution < 1.29 is 0 Å². The van der Waals surface area contributed by atoms with E-state index in [1.807, 2.05) is 14.1 Å². The topological polar surface area (TPSA) is 15.3 Å². The summed E-state index contributed by atoms with van der Waals surface area (Å²) in [4.78, 5) is 2.05. The van der Waals surface area contributed by atoms with E-state index in [0.717, 1.165) is 22.3 Å². The fraction of sp³-hybridized carbons (Fsp3) is 0.667. The molecule has 1 aromatic rings. The lowest BCUT2D eigenvalue weighted by Crippen LogP contribution is -2.45. The standard InChI is InChI=1S/C18H27ClN2/c1-17(2)12-8-9-18(3,11-12)16(17)20-13-6-7-15(21(4)5)14(19)10-13/h6-7,10,12,16,20H,8-9,11H2,1-5H3/t12-,16?,18+/m0/s1. The number of hydrogen-bond acceptors (Lipinski definition) is 2. The summed E-state index contributed by atoms with van der Waals surface area (Å²) in [7, 11) is 4.04. The molecule has 2 saturated carbocycles. The van der Waals surface area contributed by atoms with E-state index < -0.39 is 0 Å². The van der Waals surface area contributed by atoms with Gasteiger partial charge in [0.2, 0.25) is 0 Å². The summed E-state index contributed by atoms with van der Waals surface area (Å²) in [6.45, 7) is 7.31. The van der Waals surface area contributed by atoms with Crippen LogP contribution < -0.4 is 10.2 Å². The Hall–Kier alpha value is -0.890. The third-order valence-corrected chi connectivity index (χ3v) is 6.31. The number of halogens is 1. The van der Waals surface area contributed by atoms with Crippen molar-refractivity contribution in [3.05, 3.63) is 23.2 Å². The van der Waals surface area contributed by atoms with Crippen molar-refractivity contribution in [1.29, 1.82) is 0 Å². The smallest absolute Gasteiger partial charge is 0.0659 e. The average Bonchev–Trinajstić information content (AvgIpc) is 2.85. The molecule has 3 heteroatoms. The number of rotatable bonds is 3. The highest BCUT2D eigenvalue weighted by molar-refractivity contribution is 6.33. The second-order valence-electron chi connectivity index (χ2n) is 8.05. The van der Waals surface area contributed by atoms with E-state index in [9.17, 15) is 0 Å². The minimum absolute atomic E-state index is 0.361. The van der Waals surface area contributed by atoms with Gasteiger partial charge in [-0.05, 0) is 54.2 Å². The van der Waals surface area contributed by atoms with Crippen molar-refractivity contribution in [2.24, 2.45) is 16.7 Å². The molecular weight excluding hydrogens is 280 g/mol. The minimum atomic E-state index is 0.361. The average molecular weight is 307 g/mol. The van der Waals surface area contributed by atoms with Crippen molar-refractivity contribution in [3.63, 3.8) is 0 Å². The molecule has 21 heavy (non-hydrogen) atoms. The van der Waals surface area contributed by atoms with Crippen molar-refractivity contribution in [3.8, 4) is 0 Å². The van der Waals surface area contributed by atoms with Gasteiger partial charge < -0.3 is 10.2 Å². The Balaban J connectivity index is 1.85. The third-order valence-electron chi connectivity index (χ3n) is 6.01. The van der Waals surface area contributed by atoms with Gasteiger partial charge in [0.25, 0.3) is 0 Å². The summed E-state index contributed by atoms with van der Waals surface area (Å²) in [5.74, 6) is 0.858. The number of fused-ring (bicyclic) bond motifs is 2. The molecule has 3 rings (SSSR count). The molecule has 1 aromatic carbocycles. The molecule has 1 unspecified atom stereocenters. The van der Waals surface area contributed by atoms with Gasteiger partial charge in [-0.15, -0.1) is 0 Å². The van der Waals surface area contributed by atoms with Gasteiger partial charge in [0.05, 0.1) is 10.7 Å². The maximum atomic E-state index is 6.41. The molecule has 3 atom stereocenters. The molecule has 0 aliphatic heterocycles. The van der Waals surface area contributed by atoms with E-state index in [-0.39, 0.29) is 0 Å². The predicted octanol–water partition coefficient (Wildman–Crippen LogP) is 5.03. The van der Waals surface area contributed by atoms with Crippen LogP contribution >= 0.6 is 11.6 Å². The first-order valence-corrected chi connectivity index (χ1v) is 8.35. The van der Waals surface area contributed by atoms with Gasteiger partial charge in [-0.25, -0.2) is 0 Å². The number of hydrogen-bond donors (Lipinski definition) is 1. The fourth-order valence-corrected chi connectivity index (χ4v) is 5.14. The van der Waals surface area contributed by atoms with Crippen molar-refractivity contribution in [1.82, 2.24) is 0 Å².